The molecule has 0 bridgehead atoms. The maximum Gasteiger partial charge on any atom is 0.266 e. The van der Waals surface area contributed by atoms with Gasteiger partial charge in [-0.05, 0) is 77.4 Å². The molecule has 0 spiro atoms. The van der Waals surface area contributed by atoms with Gasteiger partial charge in [-0.15, -0.1) is 0 Å². The van der Waals surface area contributed by atoms with Crippen molar-refractivity contribution in [2.24, 2.45) is 0 Å². The van der Waals surface area contributed by atoms with E-state index in [2.05, 4.69) is 43.8 Å². The molecule has 0 saturated carbocycles. The smallest absolute Gasteiger partial charge is 0.266 e. The lowest BCUT2D eigenvalue weighted by Gasteiger charge is -2.15. The van der Waals surface area contributed by atoms with E-state index in [1.807, 2.05) is 74.5 Å². The molecule has 0 aliphatic rings. The van der Waals surface area contributed by atoms with Gasteiger partial charge in [0, 0.05) is 15.7 Å². The third-order valence-corrected chi connectivity index (χ3v) is 6.56. The zero-order valence-electron chi connectivity index (χ0n) is 18.9. The van der Waals surface area contributed by atoms with E-state index in [1.54, 1.807) is 12.1 Å². The Morgan fingerprint density at radius 1 is 1.09 bits per heavy atom. The van der Waals surface area contributed by atoms with Crippen molar-refractivity contribution >= 4 is 56.2 Å². The number of benzene rings is 3. The van der Waals surface area contributed by atoms with Crippen molar-refractivity contribution in [2.75, 3.05) is 11.9 Å². The third-order valence-electron chi connectivity index (χ3n) is 4.98. The molecule has 3 aromatic carbocycles. The van der Waals surface area contributed by atoms with E-state index in [4.69, 9.17) is 9.47 Å². The third kappa shape index (κ3) is 6.61. The normalized spacial score (nSPS) is 11.0. The maximum absolute atomic E-state index is 12.8. The number of carbonyl (C=O) groups is 1. The van der Waals surface area contributed by atoms with Gasteiger partial charge in [0.15, 0.2) is 11.5 Å². The molecular formula is C27H24BrIN2O3. The van der Waals surface area contributed by atoms with Gasteiger partial charge >= 0.3 is 0 Å². The summed E-state index contributed by atoms with van der Waals surface area (Å²) in [5.74, 6) is 0.725. The first kappa shape index (κ1) is 25.8. The number of anilines is 1. The van der Waals surface area contributed by atoms with E-state index in [9.17, 15) is 10.1 Å². The second-order valence-corrected chi connectivity index (χ2v) is 9.29. The highest BCUT2D eigenvalue weighted by Gasteiger charge is 2.15. The Morgan fingerprint density at radius 2 is 1.79 bits per heavy atom. The molecule has 0 fully saturated rings. The Kier molecular flexibility index (Phi) is 9.54. The zero-order chi connectivity index (χ0) is 24.5. The van der Waals surface area contributed by atoms with Crippen LogP contribution < -0.4 is 14.8 Å². The highest BCUT2D eigenvalue weighted by atomic mass is 127. The van der Waals surface area contributed by atoms with E-state index in [0.717, 1.165) is 25.6 Å². The fourth-order valence-corrected chi connectivity index (χ4v) is 4.48. The molecule has 0 aliphatic carbocycles. The predicted octanol–water partition coefficient (Wildman–Crippen LogP) is 7.14. The fraction of sp³-hybridized carbons (Fsp3) is 0.185. The number of ether oxygens (including phenoxy) is 2. The fourth-order valence-electron chi connectivity index (χ4n) is 3.30. The number of hydrogen-bond donors (Lipinski definition) is 1. The quantitative estimate of drug-likeness (QED) is 0.155. The lowest BCUT2D eigenvalue weighted by molar-refractivity contribution is -0.112. The molecule has 174 valence electrons. The van der Waals surface area contributed by atoms with Crippen LogP contribution in [0.2, 0.25) is 0 Å². The van der Waals surface area contributed by atoms with Crippen molar-refractivity contribution < 1.29 is 14.3 Å². The first-order valence-electron chi connectivity index (χ1n) is 10.8. The van der Waals surface area contributed by atoms with E-state index in [-0.39, 0.29) is 5.57 Å². The van der Waals surface area contributed by atoms with Crippen molar-refractivity contribution in [3.05, 3.63) is 91.0 Å². The van der Waals surface area contributed by atoms with Gasteiger partial charge in [-0.3, -0.25) is 4.79 Å². The first-order valence-corrected chi connectivity index (χ1v) is 12.7. The van der Waals surface area contributed by atoms with Gasteiger partial charge < -0.3 is 14.8 Å². The second kappa shape index (κ2) is 12.6. The summed E-state index contributed by atoms with van der Waals surface area (Å²) >= 11 is 5.72. The van der Waals surface area contributed by atoms with Crippen molar-refractivity contribution in [1.29, 1.82) is 5.26 Å². The summed E-state index contributed by atoms with van der Waals surface area (Å²) in [4.78, 5) is 12.8. The van der Waals surface area contributed by atoms with E-state index in [1.165, 1.54) is 0 Å². The molecule has 0 radical (unpaired) electrons. The van der Waals surface area contributed by atoms with Gasteiger partial charge in [-0.2, -0.15) is 5.26 Å². The molecule has 0 aromatic heterocycles. The lowest BCUT2D eigenvalue weighted by atomic mass is 10.1. The second-order valence-electron chi connectivity index (χ2n) is 7.28. The van der Waals surface area contributed by atoms with Gasteiger partial charge in [0.2, 0.25) is 0 Å². The van der Waals surface area contributed by atoms with Gasteiger partial charge in [-0.1, -0.05) is 59.3 Å². The maximum atomic E-state index is 12.8. The summed E-state index contributed by atoms with van der Waals surface area (Å²) in [7, 11) is 0. The number of carbonyl (C=O) groups excluding carboxylic acids is 1. The van der Waals surface area contributed by atoms with Crippen molar-refractivity contribution in [3.63, 3.8) is 0 Å². The number of rotatable bonds is 9. The average molecular weight is 631 g/mol. The summed E-state index contributed by atoms with van der Waals surface area (Å²) < 4.78 is 13.7. The first-order chi connectivity index (χ1) is 16.5. The van der Waals surface area contributed by atoms with Crippen molar-refractivity contribution in [1.82, 2.24) is 0 Å². The molecule has 3 aromatic rings. The van der Waals surface area contributed by atoms with Crippen LogP contribution in [0, 0.1) is 14.9 Å². The largest absolute Gasteiger partial charge is 0.490 e. The number of nitrogens with zero attached hydrogens (tertiary/aromatic N) is 1. The minimum atomic E-state index is -0.453. The summed E-state index contributed by atoms with van der Waals surface area (Å²) in [5, 5.41) is 12.5. The van der Waals surface area contributed by atoms with Crippen molar-refractivity contribution in [3.8, 4) is 17.6 Å². The van der Waals surface area contributed by atoms with Gasteiger partial charge in [-0.25, -0.2) is 0 Å². The van der Waals surface area contributed by atoms with Crippen LogP contribution in [-0.4, -0.2) is 12.5 Å². The van der Waals surface area contributed by atoms with E-state index < -0.39 is 5.91 Å². The van der Waals surface area contributed by atoms with Crippen LogP contribution >= 0.6 is 38.5 Å². The molecule has 34 heavy (non-hydrogen) atoms. The Morgan fingerprint density at radius 3 is 2.47 bits per heavy atom. The molecule has 1 amide bonds. The summed E-state index contributed by atoms with van der Waals surface area (Å²) in [6, 6.07) is 21.1. The van der Waals surface area contributed by atoms with Crippen LogP contribution in [0.25, 0.3) is 6.08 Å². The molecule has 5 nitrogen and oxygen atoms in total. The predicted molar refractivity (Wildman–Crippen MR) is 147 cm³/mol. The van der Waals surface area contributed by atoms with Gasteiger partial charge in [0.1, 0.15) is 18.2 Å². The SMILES string of the molecule is CCOc1cc(/C=C(\C#N)C(=O)Nc2ccccc2CC)cc(I)c1OCc1ccccc1Br. The molecule has 0 atom stereocenters. The molecule has 0 aliphatic heterocycles. The monoisotopic (exact) mass is 630 g/mol. The number of nitrogens with one attached hydrogen (secondary N) is 1. The molecule has 0 unspecified atom stereocenters. The topological polar surface area (TPSA) is 71.3 Å². The number of aryl methyl sites for hydroxylation is 1. The van der Waals surface area contributed by atoms with E-state index >= 15 is 0 Å². The molecule has 3 rings (SSSR count). The van der Waals surface area contributed by atoms with Crippen LogP contribution in [0.15, 0.2) is 70.7 Å². The van der Waals surface area contributed by atoms with Crippen LogP contribution in [0.5, 0.6) is 11.5 Å². The standard InChI is InChI=1S/C27H24BrIN2O3/c1-3-19-9-6-8-12-24(19)31-27(32)21(16-30)13-18-14-23(29)26(25(15-18)33-4-2)34-17-20-10-5-7-11-22(20)28/h5-15H,3-4,17H2,1-2H3,(H,31,32)/b21-13+. The Hall–Kier alpha value is -2.83. The molecule has 0 saturated heterocycles. The Labute approximate surface area is 222 Å². The summed E-state index contributed by atoms with van der Waals surface area (Å²) in [5.41, 5.74) is 3.41. The lowest BCUT2D eigenvalue weighted by Crippen LogP contribution is -2.14. The molecule has 0 heterocycles. The summed E-state index contributed by atoms with van der Waals surface area (Å²) in [6.07, 6.45) is 2.34. The highest BCUT2D eigenvalue weighted by molar-refractivity contribution is 14.1. The van der Waals surface area contributed by atoms with Crippen LogP contribution in [0.3, 0.4) is 0 Å². The Bertz CT molecular complexity index is 1250. The number of halogens is 2. The molecule has 7 heteroatoms. The zero-order valence-corrected chi connectivity index (χ0v) is 22.6. The van der Waals surface area contributed by atoms with Crippen LogP contribution in [0.4, 0.5) is 5.69 Å². The molecular weight excluding hydrogens is 607 g/mol. The van der Waals surface area contributed by atoms with Crippen molar-refractivity contribution in [2.45, 2.75) is 26.9 Å². The highest BCUT2D eigenvalue weighted by Crippen LogP contribution is 2.36. The van der Waals surface area contributed by atoms with Gasteiger partial charge in [0.05, 0.1) is 10.2 Å². The minimum Gasteiger partial charge on any atom is -0.490 e. The summed E-state index contributed by atoms with van der Waals surface area (Å²) in [6.45, 7) is 4.74. The minimum absolute atomic E-state index is 0.00559. The number of hydrogen-bond acceptors (Lipinski definition) is 4. The Balaban J connectivity index is 1.87. The number of para-hydroxylation sites is 1. The average Bonchev–Trinajstić information content (AvgIpc) is 2.83. The number of nitriles is 1. The molecule has 1 N–H and O–H groups in total. The van der Waals surface area contributed by atoms with Gasteiger partial charge in [0.25, 0.3) is 5.91 Å². The van der Waals surface area contributed by atoms with Crippen LogP contribution in [0.1, 0.15) is 30.5 Å². The van der Waals surface area contributed by atoms with Crippen LogP contribution in [-0.2, 0) is 17.8 Å². The van der Waals surface area contributed by atoms with E-state index in [0.29, 0.717) is 36.0 Å². The number of amides is 1.